The number of hydrogen-bond acceptors (Lipinski definition) is 9. The molecule has 4 amide bonds. The molecule has 2 bridgehead atoms. The Balaban J connectivity index is 1.49. The number of thiophene rings is 1. The van der Waals surface area contributed by atoms with Crippen LogP contribution in [-0.4, -0.2) is 77.0 Å². The summed E-state index contributed by atoms with van der Waals surface area (Å²) in [4.78, 5) is 81.3. The summed E-state index contributed by atoms with van der Waals surface area (Å²) in [7, 11) is 0. The Morgan fingerprint density at radius 2 is 1.38 bits per heavy atom. The highest BCUT2D eigenvalue weighted by molar-refractivity contribution is 7.09. The number of amides is 4. The summed E-state index contributed by atoms with van der Waals surface area (Å²) in [5, 5.41) is 22.6. The molecule has 13 nitrogen and oxygen atoms in total. The molecule has 3 aromatic carbocycles. The number of rotatable bonds is 9. The van der Waals surface area contributed by atoms with E-state index in [-0.39, 0.29) is 32.1 Å². The van der Waals surface area contributed by atoms with E-state index in [1.54, 1.807) is 45.0 Å². The third-order valence-electron chi connectivity index (χ3n) is 8.81. The standard InChI is InChI=1S/C42H46N4O9S/c1-42(2,3)55-37(48)20-19-32-38(49)46-35(41(52)53)23-27-13-17-30(18-14-27)54-25-36(47)43-34(24-31-10-7-21-56-31)40(51)45-33(39(50)44-32)22-26-11-15-29(16-12-26)28-8-5-4-6-9-28/h4-18,21,32-35H,19-20,22-25H2,1-3H3,(H,43,47)(H,44,50)(H,45,51)(H,46,49)(H,52,53)/t32-,33-,34-,35-/m0/s1. The molecular formula is C42H46N4O9S. The number of carbonyl (C=O) groups is 6. The zero-order chi connectivity index (χ0) is 40.2. The van der Waals surface area contributed by atoms with E-state index in [2.05, 4.69) is 21.3 Å². The first-order valence-corrected chi connectivity index (χ1v) is 19.1. The normalized spacial score (nSPS) is 19.8. The molecule has 0 unspecified atom stereocenters. The topological polar surface area (TPSA) is 189 Å². The molecule has 1 aromatic heterocycles. The minimum Gasteiger partial charge on any atom is -0.484 e. The van der Waals surface area contributed by atoms with Gasteiger partial charge in [0.25, 0.3) is 5.91 Å². The van der Waals surface area contributed by atoms with Gasteiger partial charge >= 0.3 is 11.9 Å². The van der Waals surface area contributed by atoms with Crippen LogP contribution in [-0.2, 0) is 52.8 Å². The van der Waals surface area contributed by atoms with Crippen molar-refractivity contribution in [2.45, 2.75) is 82.6 Å². The van der Waals surface area contributed by atoms with Gasteiger partial charge in [-0.1, -0.05) is 72.8 Å². The fraction of sp³-hybridized carbons (Fsp3) is 0.333. The summed E-state index contributed by atoms with van der Waals surface area (Å²) >= 11 is 1.40. The van der Waals surface area contributed by atoms with Crippen molar-refractivity contribution in [1.29, 1.82) is 0 Å². The monoisotopic (exact) mass is 782 g/mol. The Bertz CT molecular complexity index is 1980. The first-order chi connectivity index (χ1) is 26.7. The van der Waals surface area contributed by atoms with Crippen LogP contribution in [0.5, 0.6) is 5.75 Å². The highest BCUT2D eigenvalue weighted by atomic mass is 32.1. The molecule has 6 rings (SSSR count). The summed E-state index contributed by atoms with van der Waals surface area (Å²) in [6.07, 6.45) is -0.504. The van der Waals surface area contributed by atoms with E-state index in [0.29, 0.717) is 16.9 Å². The maximum Gasteiger partial charge on any atom is 0.326 e. The smallest absolute Gasteiger partial charge is 0.326 e. The number of aliphatic carboxylic acids is 1. The molecule has 56 heavy (non-hydrogen) atoms. The predicted molar refractivity (Wildman–Crippen MR) is 210 cm³/mol. The van der Waals surface area contributed by atoms with Gasteiger partial charge in [-0.15, -0.1) is 11.3 Å². The Hall–Kier alpha value is -6.02. The second kappa shape index (κ2) is 19.0. The van der Waals surface area contributed by atoms with Gasteiger partial charge < -0.3 is 35.8 Å². The molecule has 5 N–H and O–H groups in total. The Labute approximate surface area is 329 Å². The average molecular weight is 783 g/mol. The van der Waals surface area contributed by atoms with Gasteiger partial charge in [0.1, 0.15) is 35.5 Å². The van der Waals surface area contributed by atoms with E-state index < -0.39 is 71.9 Å². The van der Waals surface area contributed by atoms with Gasteiger partial charge in [0, 0.05) is 30.6 Å². The number of carbonyl (C=O) groups excluding carboxylic acids is 5. The maximum absolute atomic E-state index is 14.3. The number of carboxylic acids is 1. The minimum absolute atomic E-state index is 0.0123. The number of ether oxygens (including phenoxy) is 2. The fourth-order valence-corrected chi connectivity index (χ4v) is 6.78. The number of benzene rings is 3. The van der Waals surface area contributed by atoms with Crippen LogP contribution >= 0.6 is 11.3 Å². The van der Waals surface area contributed by atoms with Crippen LogP contribution in [0.15, 0.2) is 96.4 Å². The zero-order valence-electron chi connectivity index (χ0n) is 31.4. The lowest BCUT2D eigenvalue weighted by Crippen LogP contribution is -2.59. The van der Waals surface area contributed by atoms with Crippen LogP contribution in [0.3, 0.4) is 0 Å². The lowest BCUT2D eigenvalue weighted by molar-refractivity contribution is -0.155. The van der Waals surface area contributed by atoms with Crippen LogP contribution in [0.25, 0.3) is 11.1 Å². The van der Waals surface area contributed by atoms with Crippen molar-refractivity contribution in [1.82, 2.24) is 21.3 Å². The van der Waals surface area contributed by atoms with Gasteiger partial charge in [0.05, 0.1) is 0 Å². The molecule has 0 fully saturated rings. The molecular weight excluding hydrogens is 737 g/mol. The van der Waals surface area contributed by atoms with Crippen LogP contribution in [0, 0.1) is 0 Å². The van der Waals surface area contributed by atoms with E-state index in [1.165, 1.54) is 11.3 Å². The van der Waals surface area contributed by atoms with Crippen molar-refractivity contribution in [2.24, 2.45) is 0 Å². The number of nitrogens with one attached hydrogen (secondary N) is 4. The number of hydrogen-bond donors (Lipinski definition) is 5. The summed E-state index contributed by atoms with van der Waals surface area (Å²) in [5.74, 6) is -4.46. The summed E-state index contributed by atoms with van der Waals surface area (Å²) in [6, 6.07) is 22.0. The number of esters is 1. The van der Waals surface area contributed by atoms with Crippen molar-refractivity contribution in [3.63, 3.8) is 0 Å². The SMILES string of the molecule is CC(C)(C)OC(=O)CC[C@@H]1NC(=O)[C@H](Cc2ccc(-c3ccccc3)cc2)NC(=O)[C@H](Cc2cccs2)NC(=O)COc2ccc(cc2)C[C@@H](C(=O)O)NC1=O. The van der Waals surface area contributed by atoms with E-state index >= 15 is 0 Å². The lowest BCUT2D eigenvalue weighted by Gasteiger charge is -2.26. The van der Waals surface area contributed by atoms with E-state index in [9.17, 15) is 33.9 Å². The first kappa shape index (κ1) is 41.1. The van der Waals surface area contributed by atoms with E-state index in [1.807, 2.05) is 72.1 Å². The summed E-state index contributed by atoms with van der Waals surface area (Å²) in [6.45, 7) is 4.67. The van der Waals surface area contributed by atoms with Crippen molar-refractivity contribution in [3.8, 4) is 16.9 Å². The van der Waals surface area contributed by atoms with Crippen LogP contribution in [0.2, 0.25) is 0 Å². The minimum atomic E-state index is -1.40. The maximum atomic E-state index is 14.3. The summed E-state index contributed by atoms with van der Waals surface area (Å²) < 4.78 is 11.1. The molecule has 294 valence electrons. The molecule has 3 heterocycles. The lowest BCUT2D eigenvalue weighted by atomic mass is 9.99. The van der Waals surface area contributed by atoms with Crippen molar-refractivity contribution in [3.05, 3.63) is 112 Å². The highest BCUT2D eigenvalue weighted by Crippen LogP contribution is 2.21. The van der Waals surface area contributed by atoms with Crippen molar-refractivity contribution >= 4 is 46.9 Å². The summed E-state index contributed by atoms with van der Waals surface area (Å²) in [5.41, 5.74) is 2.34. The van der Waals surface area contributed by atoms with Crippen molar-refractivity contribution < 1.29 is 43.3 Å². The largest absolute Gasteiger partial charge is 0.484 e. The Morgan fingerprint density at radius 3 is 2.00 bits per heavy atom. The fourth-order valence-electron chi connectivity index (χ4n) is 6.03. The molecule has 0 spiro atoms. The molecule has 0 saturated heterocycles. The first-order valence-electron chi connectivity index (χ1n) is 18.3. The Kier molecular flexibility index (Phi) is 14.0. The second-order valence-electron chi connectivity index (χ2n) is 14.5. The van der Waals surface area contributed by atoms with Crippen LogP contribution in [0.1, 0.15) is 49.6 Å². The quantitative estimate of drug-likeness (QED) is 0.124. The molecule has 2 aliphatic heterocycles. The van der Waals surface area contributed by atoms with Gasteiger partial charge in [-0.25, -0.2) is 4.79 Å². The molecule has 2 aliphatic rings. The number of carboxylic acid groups (broad SMARTS) is 1. The van der Waals surface area contributed by atoms with Crippen molar-refractivity contribution in [2.75, 3.05) is 6.61 Å². The van der Waals surface area contributed by atoms with Crippen LogP contribution in [0.4, 0.5) is 0 Å². The molecule has 14 heteroatoms. The van der Waals surface area contributed by atoms with Crippen LogP contribution < -0.4 is 26.0 Å². The second-order valence-corrected chi connectivity index (χ2v) is 15.5. The van der Waals surface area contributed by atoms with E-state index in [4.69, 9.17) is 9.47 Å². The predicted octanol–water partition coefficient (Wildman–Crippen LogP) is 3.98. The third-order valence-corrected chi connectivity index (χ3v) is 9.71. The average Bonchev–Trinajstić information content (AvgIpc) is 3.68. The number of fused-ring (bicyclic) bond motifs is 16. The zero-order valence-corrected chi connectivity index (χ0v) is 32.2. The van der Waals surface area contributed by atoms with Gasteiger partial charge in [0.2, 0.25) is 17.7 Å². The van der Waals surface area contributed by atoms with Gasteiger partial charge in [-0.2, -0.15) is 0 Å². The van der Waals surface area contributed by atoms with Gasteiger partial charge in [-0.3, -0.25) is 24.0 Å². The van der Waals surface area contributed by atoms with E-state index in [0.717, 1.165) is 16.0 Å². The van der Waals surface area contributed by atoms with Gasteiger partial charge in [-0.05, 0) is 73.0 Å². The van der Waals surface area contributed by atoms with Gasteiger partial charge in [0.15, 0.2) is 6.61 Å². The third kappa shape index (κ3) is 12.5. The molecule has 0 saturated carbocycles. The molecule has 0 aliphatic carbocycles. The molecule has 4 aromatic rings. The Morgan fingerprint density at radius 1 is 0.750 bits per heavy atom. The molecule has 4 atom stereocenters. The molecule has 0 radical (unpaired) electrons. The highest BCUT2D eigenvalue weighted by Gasteiger charge is 2.33.